The minimum Gasteiger partial charge on any atom is -0.508 e. The molecule has 2 rings (SSSR count). The lowest BCUT2D eigenvalue weighted by atomic mass is 10.0. The summed E-state index contributed by atoms with van der Waals surface area (Å²) in [4.78, 5) is 66.3. The monoisotopic (exact) mass is 504 g/mol. The number of phenols is 1. The highest BCUT2D eigenvalue weighted by Crippen LogP contribution is 2.12. The second-order valence-corrected chi connectivity index (χ2v) is 7.93. The third-order valence-corrected chi connectivity index (χ3v) is 5.05. The van der Waals surface area contributed by atoms with Crippen molar-refractivity contribution in [2.45, 2.75) is 43.8 Å². The normalized spacial score (nSPS) is 13.1. The lowest BCUT2D eigenvalue weighted by molar-refractivity contribution is -0.142. The average Bonchev–Trinajstić information content (AvgIpc) is 3.34. The molecule has 36 heavy (non-hydrogen) atoms. The lowest BCUT2D eigenvalue weighted by Crippen LogP contribution is -2.54. The molecule has 0 fully saturated rings. The summed E-state index contributed by atoms with van der Waals surface area (Å²) >= 11 is 0. The molecule has 0 bridgehead atoms. The number of H-pyrrole nitrogens is 1. The van der Waals surface area contributed by atoms with Gasteiger partial charge in [0.05, 0.1) is 18.9 Å². The smallest absolute Gasteiger partial charge is 0.326 e. The summed E-state index contributed by atoms with van der Waals surface area (Å²) in [7, 11) is 0. The average molecular weight is 505 g/mol. The number of carboxylic acids is 2. The van der Waals surface area contributed by atoms with Crippen LogP contribution in [0.5, 0.6) is 5.75 Å². The number of hydrogen-bond acceptors (Lipinski definition) is 8. The molecule has 1 heterocycles. The number of nitrogens with zero attached hydrogens (tertiary/aromatic N) is 1. The van der Waals surface area contributed by atoms with Gasteiger partial charge < -0.3 is 42.0 Å². The topological polar surface area (TPSA) is 237 Å². The van der Waals surface area contributed by atoms with Gasteiger partial charge in [-0.25, -0.2) is 9.78 Å². The van der Waals surface area contributed by atoms with Crippen molar-refractivity contribution in [1.82, 2.24) is 25.9 Å². The number of phenolic OH excluding ortho intramolecular Hbond substituents is 1. The molecule has 0 aliphatic rings. The first-order valence-electron chi connectivity index (χ1n) is 10.9. The summed E-state index contributed by atoms with van der Waals surface area (Å²) in [6, 6.07) is 2.18. The zero-order chi connectivity index (χ0) is 26.7. The fourth-order valence-corrected chi connectivity index (χ4v) is 3.12. The number of carbonyl (C=O) groups is 5. The fraction of sp³-hybridized carbons (Fsp3) is 0.364. The quantitative estimate of drug-likeness (QED) is 0.144. The molecule has 0 aliphatic heterocycles. The van der Waals surface area contributed by atoms with E-state index in [-0.39, 0.29) is 31.4 Å². The van der Waals surface area contributed by atoms with E-state index in [1.807, 2.05) is 0 Å². The van der Waals surface area contributed by atoms with Crippen LogP contribution in [0.4, 0.5) is 0 Å². The lowest BCUT2D eigenvalue weighted by Gasteiger charge is -2.22. The highest BCUT2D eigenvalue weighted by molar-refractivity contribution is 5.92. The number of nitrogens with two attached hydrogens (primary N) is 1. The van der Waals surface area contributed by atoms with E-state index in [1.165, 1.54) is 36.8 Å². The van der Waals surface area contributed by atoms with Gasteiger partial charge in [0.2, 0.25) is 17.7 Å². The van der Waals surface area contributed by atoms with E-state index >= 15 is 0 Å². The van der Waals surface area contributed by atoms with Crippen molar-refractivity contribution in [3.8, 4) is 5.75 Å². The van der Waals surface area contributed by atoms with Crippen LogP contribution < -0.4 is 21.7 Å². The van der Waals surface area contributed by atoms with Gasteiger partial charge in [0, 0.05) is 31.2 Å². The number of nitrogens with one attached hydrogen (secondary N) is 4. The summed E-state index contributed by atoms with van der Waals surface area (Å²) in [5.74, 6) is -4.70. The number of carboxylic acid groups (broad SMARTS) is 2. The van der Waals surface area contributed by atoms with Gasteiger partial charge in [-0.2, -0.15) is 0 Å². The molecule has 194 valence electrons. The van der Waals surface area contributed by atoms with Gasteiger partial charge in [-0.15, -0.1) is 0 Å². The van der Waals surface area contributed by atoms with Crippen LogP contribution in [-0.4, -0.2) is 79.6 Å². The molecule has 1 aromatic heterocycles. The molecular formula is C22H28N6O8. The molecular weight excluding hydrogens is 476 g/mol. The van der Waals surface area contributed by atoms with Crippen molar-refractivity contribution in [3.63, 3.8) is 0 Å². The number of imidazole rings is 1. The number of rotatable bonds is 14. The van der Waals surface area contributed by atoms with E-state index in [9.17, 15) is 34.2 Å². The number of amides is 3. The number of aromatic nitrogens is 2. The summed E-state index contributed by atoms with van der Waals surface area (Å²) in [5, 5.41) is 34.8. The molecule has 1 aromatic carbocycles. The minimum absolute atomic E-state index is 0.00349. The van der Waals surface area contributed by atoms with E-state index in [0.717, 1.165) is 0 Å². The van der Waals surface area contributed by atoms with E-state index in [0.29, 0.717) is 11.3 Å². The van der Waals surface area contributed by atoms with Crippen molar-refractivity contribution in [2.24, 2.45) is 5.73 Å². The first kappa shape index (κ1) is 27.8. The summed E-state index contributed by atoms with van der Waals surface area (Å²) in [6.07, 6.45) is 2.22. The van der Waals surface area contributed by atoms with E-state index in [4.69, 9.17) is 10.8 Å². The minimum atomic E-state index is -1.32. The van der Waals surface area contributed by atoms with Crippen molar-refractivity contribution in [3.05, 3.63) is 48.0 Å². The molecule has 0 radical (unpaired) electrons. The van der Waals surface area contributed by atoms with Crippen LogP contribution >= 0.6 is 0 Å². The van der Waals surface area contributed by atoms with Crippen molar-refractivity contribution >= 4 is 29.7 Å². The Morgan fingerprint density at radius 1 is 0.972 bits per heavy atom. The van der Waals surface area contributed by atoms with Crippen molar-refractivity contribution < 1.29 is 39.3 Å². The third-order valence-electron chi connectivity index (χ3n) is 5.05. The van der Waals surface area contributed by atoms with Crippen LogP contribution in [-0.2, 0) is 36.8 Å². The van der Waals surface area contributed by atoms with E-state index in [2.05, 4.69) is 25.9 Å². The van der Waals surface area contributed by atoms with Crippen LogP contribution in [0, 0.1) is 0 Å². The van der Waals surface area contributed by atoms with Crippen LogP contribution in [0.15, 0.2) is 36.8 Å². The molecule has 3 atom stereocenters. The zero-order valence-corrected chi connectivity index (χ0v) is 19.1. The first-order valence-corrected chi connectivity index (χ1v) is 10.9. The van der Waals surface area contributed by atoms with Gasteiger partial charge in [0.15, 0.2) is 0 Å². The van der Waals surface area contributed by atoms with Gasteiger partial charge in [0.25, 0.3) is 0 Å². The molecule has 0 saturated heterocycles. The Kier molecular flexibility index (Phi) is 10.4. The number of aliphatic carboxylic acids is 2. The summed E-state index contributed by atoms with van der Waals surface area (Å²) < 4.78 is 0. The zero-order valence-electron chi connectivity index (χ0n) is 19.1. The molecule has 0 spiro atoms. The number of hydrogen-bond donors (Lipinski definition) is 8. The maximum Gasteiger partial charge on any atom is 0.326 e. The molecule has 14 nitrogen and oxygen atoms in total. The highest BCUT2D eigenvalue weighted by atomic mass is 16.4. The molecule has 0 saturated carbocycles. The van der Waals surface area contributed by atoms with Crippen LogP contribution in [0.1, 0.15) is 24.1 Å². The van der Waals surface area contributed by atoms with Crippen molar-refractivity contribution in [1.29, 1.82) is 0 Å². The third kappa shape index (κ3) is 9.42. The molecule has 0 aliphatic carbocycles. The molecule has 3 unspecified atom stereocenters. The molecule has 14 heteroatoms. The Morgan fingerprint density at radius 3 is 2.25 bits per heavy atom. The van der Waals surface area contributed by atoms with Crippen LogP contribution in [0.3, 0.4) is 0 Å². The maximum atomic E-state index is 13.0. The number of aromatic amines is 1. The number of aromatic hydroxyl groups is 1. The second-order valence-electron chi connectivity index (χ2n) is 7.93. The summed E-state index contributed by atoms with van der Waals surface area (Å²) in [5.41, 5.74) is 6.64. The maximum absolute atomic E-state index is 13.0. The predicted molar refractivity (Wildman–Crippen MR) is 123 cm³/mol. The molecule has 2 aromatic rings. The number of carbonyl (C=O) groups excluding carboxylic acids is 3. The Morgan fingerprint density at radius 2 is 1.67 bits per heavy atom. The predicted octanol–water partition coefficient (Wildman–Crippen LogP) is -1.74. The molecule has 3 amide bonds. The van der Waals surface area contributed by atoms with E-state index in [1.54, 1.807) is 0 Å². The number of benzene rings is 1. The fourth-order valence-electron chi connectivity index (χ4n) is 3.12. The first-order chi connectivity index (χ1) is 17.0. The Labute approximate surface area is 205 Å². The summed E-state index contributed by atoms with van der Waals surface area (Å²) in [6.45, 7) is -0.546. The highest BCUT2D eigenvalue weighted by Gasteiger charge is 2.27. The van der Waals surface area contributed by atoms with Gasteiger partial charge in [-0.3, -0.25) is 19.2 Å². The standard InChI is InChI=1S/C22H28N6O8/c23-15(5-6-19(31)32)20(33)25-10-18(30)27-16(7-12-1-3-14(29)4-2-12)21(34)28-17(22(35)36)8-13-9-24-11-26-13/h1-4,9,11,15-17,29H,5-8,10,23H2,(H,24,26)(H,25,33)(H,27,30)(H,28,34)(H,31,32)(H,35,36). The van der Waals surface area contributed by atoms with E-state index < -0.39 is 54.3 Å². The van der Waals surface area contributed by atoms with Gasteiger partial charge >= 0.3 is 11.9 Å². The van der Waals surface area contributed by atoms with Gasteiger partial charge in [-0.1, -0.05) is 12.1 Å². The SMILES string of the molecule is NC(CCC(=O)O)C(=O)NCC(=O)NC(Cc1ccc(O)cc1)C(=O)NC(Cc1cnc[nH]1)C(=O)O. The molecule has 9 N–H and O–H groups in total. The van der Waals surface area contributed by atoms with Crippen LogP contribution in [0.25, 0.3) is 0 Å². The Bertz CT molecular complexity index is 1060. The largest absolute Gasteiger partial charge is 0.508 e. The Balaban J connectivity index is 2.05. The van der Waals surface area contributed by atoms with Gasteiger partial charge in [-0.05, 0) is 24.1 Å². The van der Waals surface area contributed by atoms with Crippen molar-refractivity contribution in [2.75, 3.05) is 6.54 Å². The van der Waals surface area contributed by atoms with Crippen LogP contribution in [0.2, 0.25) is 0 Å². The second kappa shape index (κ2) is 13.4. The van der Waals surface area contributed by atoms with Gasteiger partial charge in [0.1, 0.15) is 17.8 Å². The Hall–Kier alpha value is -4.46.